The summed E-state index contributed by atoms with van der Waals surface area (Å²) in [5.41, 5.74) is 5.43. The molecule has 104 valence electrons. The van der Waals surface area contributed by atoms with Crippen LogP contribution in [0.1, 0.15) is 25.7 Å². The molecule has 0 bridgehead atoms. The summed E-state index contributed by atoms with van der Waals surface area (Å²) in [6.07, 6.45) is -3.89. The number of hydrogen-bond donors (Lipinski definition) is 2. The van der Waals surface area contributed by atoms with Crippen LogP contribution in [0.3, 0.4) is 0 Å². The van der Waals surface area contributed by atoms with Gasteiger partial charge in [0.15, 0.2) is 0 Å². The van der Waals surface area contributed by atoms with Crippen molar-refractivity contribution in [3.05, 3.63) is 0 Å². The van der Waals surface area contributed by atoms with Crippen LogP contribution in [0.15, 0.2) is 0 Å². The van der Waals surface area contributed by atoms with Crippen molar-refractivity contribution in [2.45, 2.75) is 43.9 Å². The molecular formula is C10H15F3N2O3. The van der Waals surface area contributed by atoms with Gasteiger partial charge in [-0.2, -0.15) is 13.2 Å². The van der Waals surface area contributed by atoms with Crippen molar-refractivity contribution in [3.8, 4) is 0 Å². The number of hydrogen-bond acceptors (Lipinski definition) is 3. The van der Waals surface area contributed by atoms with Crippen molar-refractivity contribution in [3.63, 3.8) is 0 Å². The highest BCUT2D eigenvalue weighted by Crippen LogP contribution is 2.30. The summed E-state index contributed by atoms with van der Waals surface area (Å²) in [6, 6.07) is -1.60. The molecule has 1 saturated carbocycles. The molecule has 18 heavy (non-hydrogen) atoms. The zero-order valence-corrected chi connectivity index (χ0v) is 9.61. The van der Waals surface area contributed by atoms with E-state index in [0.717, 1.165) is 0 Å². The largest absolute Gasteiger partial charge is 0.481 e. The number of carbonyl (C=O) groups is 2. The Balaban J connectivity index is 2.56. The smallest absolute Gasteiger partial charge is 0.406 e. The fourth-order valence-electron chi connectivity index (χ4n) is 1.58. The summed E-state index contributed by atoms with van der Waals surface area (Å²) in [7, 11) is 0. The van der Waals surface area contributed by atoms with Gasteiger partial charge in [0, 0.05) is 12.5 Å². The number of rotatable bonds is 6. The monoisotopic (exact) mass is 268 g/mol. The first-order valence-electron chi connectivity index (χ1n) is 5.55. The molecule has 1 unspecified atom stereocenters. The Morgan fingerprint density at radius 2 is 1.94 bits per heavy atom. The van der Waals surface area contributed by atoms with E-state index in [9.17, 15) is 22.8 Å². The summed E-state index contributed by atoms with van der Waals surface area (Å²) in [5, 5.41) is 8.43. The van der Waals surface area contributed by atoms with Crippen molar-refractivity contribution in [2.75, 3.05) is 6.54 Å². The van der Waals surface area contributed by atoms with Crippen molar-refractivity contribution < 1.29 is 27.9 Å². The third-order valence-electron chi connectivity index (χ3n) is 2.61. The van der Waals surface area contributed by atoms with Crippen LogP contribution in [0.4, 0.5) is 13.2 Å². The molecular weight excluding hydrogens is 253 g/mol. The van der Waals surface area contributed by atoms with E-state index in [2.05, 4.69) is 0 Å². The summed E-state index contributed by atoms with van der Waals surface area (Å²) >= 11 is 0. The van der Waals surface area contributed by atoms with Crippen LogP contribution in [0.2, 0.25) is 0 Å². The number of carbonyl (C=O) groups excluding carboxylic acids is 1. The van der Waals surface area contributed by atoms with E-state index in [0.29, 0.717) is 17.7 Å². The third kappa shape index (κ3) is 4.91. The lowest BCUT2D eigenvalue weighted by atomic mass is 10.1. The van der Waals surface area contributed by atoms with Gasteiger partial charge in [-0.1, -0.05) is 0 Å². The topological polar surface area (TPSA) is 83.6 Å². The van der Waals surface area contributed by atoms with Gasteiger partial charge in [0.1, 0.15) is 6.54 Å². The number of nitrogens with two attached hydrogens (primary N) is 1. The maximum atomic E-state index is 12.3. The number of aliphatic carboxylic acids is 1. The SMILES string of the molecule is NC(CCC(=O)O)C(=O)N(CC(F)(F)F)C1CC1. The Morgan fingerprint density at radius 1 is 1.39 bits per heavy atom. The molecule has 0 aromatic rings. The number of amides is 1. The molecule has 0 radical (unpaired) electrons. The van der Waals surface area contributed by atoms with Crippen LogP contribution in [0, 0.1) is 0 Å². The van der Waals surface area contributed by atoms with Gasteiger partial charge in [-0.3, -0.25) is 9.59 Å². The third-order valence-corrected chi connectivity index (χ3v) is 2.61. The minimum absolute atomic E-state index is 0.157. The first-order valence-corrected chi connectivity index (χ1v) is 5.55. The van der Waals surface area contributed by atoms with Gasteiger partial charge in [0.05, 0.1) is 6.04 Å². The summed E-state index contributed by atoms with van der Waals surface area (Å²) in [5.74, 6) is -1.96. The van der Waals surface area contributed by atoms with E-state index in [1.54, 1.807) is 0 Å². The highest BCUT2D eigenvalue weighted by Gasteiger charge is 2.41. The summed E-state index contributed by atoms with van der Waals surface area (Å²) < 4.78 is 36.9. The Labute approximate surface area is 102 Å². The standard InChI is InChI=1S/C10H15F3N2O3/c11-10(12,13)5-15(6-1-2-6)9(18)7(14)3-4-8(16)17/h6-7H,1-5,14H2,(H,16,17). The van der Waals surface area contributed by atoms with E-state index < -0.39 is 36.7 Å². The van der Waals surface area contributed by atoms with E-state index in [-0.39, 0.29) is 12.8 Å². The Bertz CT molecular complexity index is 329. The molecule has 1 rings (SSSR count). The van der Waals surface area contributed by atoms with Gasteiger partial charge in [0.25, 0.3) is 0 Å². The summed E-state index contributed by atoms with van der Waals surface area (Å²) in [4.78, 5) is 22.7. The Kier molecular flexibility index (Phi) is 4.55. The van der Waals surface area contributed by atoms with Crippen LogP contribution in [-0.2, 0) is 9.59 Å². The lowest BCUT2D eigenvalue weighted by Crippen LogP contribution is -2.48. The minimum atomic E-state index is -4.47. The molecule has 8 heteroatoms. The number of carboxylic acid groups (broad SMARTS) is 1. The number of nitrogens with zero attached hydrogens (tertiary/aromatic N) is 1. The van der Waals surface area contributed by atoms with Crippen molar-refractivity contribution >= 4 is 11.9 Å². The van der Waals surface area contributed by atoms with Gasteiger partial charge >= 0.3 is 12.1 Å². The predicted molar refractivity (Wildman–Crippen MR) is 55.6 cm³/mol. The molecule has 0 heterocycles. The molecule has 0 spiro atoms. The highest BCUT2D eigenvalue weighted by atomic mass is 19.4. The normalized spacial score (nSPS) is 17.3. The zero-order valence-electron chi connectivity index (χ0n) is 9.61. The molecule has 5 nitrogen and oxygen atoms in total. The maximum absolute atomic E-state index is 12.3. The lowest BCUT2D eigenvalue weighted by molar-refractivity contribution is -0.163. The number of halogens is 3. The minimum Gasteiger partial charge on any atom is -0.481 e. The first-order chi connectivity index (χ1) is 8.20. The Morgan fingerprint density at radius 3 is 2.33 bits per heavy atom. The molecule has 1 aliphatic carbocycles. The van der Waals surface area contributed by atoms with Gasteiger partial charge in [0.2, 0.25) is 5.91 Å². The fourth-order valence-corrected chi connectivity index (χ4v) is 1.58. The molecule has 0 aromatic carbocycles. The molecule has 0 aliphatic heterocycles. The molecule has 1 atom stereocenters. The Hall–Kier alpha value is -1.31. The molecule has 0 saturated heterocycles. The quantitative estimate of drug-likeness (QED) is 0.744. The molecule has 1 amide bonds. The average Bonchev–Trinajstić information content (AvgIpc) is 3.03. The summed E-state index contributed by atoms with van der Waals surface area (Å²) in [6.45, 7) is -1.32. The first kappa shape index (κ1) is 14.7. The highest BCUT2D eigenvalue weighted by molar-refractivity contribution is 5.83. The van der Waals surface area contributed by atoms with E-state index in [1.807, 2.05) is 0 Å². The number of alkyl halides is 3. The predicted octanol–water partition coefficient (Wildman–Crippen LogP) is 0.732. The zero-order chi connectivity index (χ0) is 13.9. The van der Waals surface area contributed by atoms with Crippen molar-refractivity contribution in [2.24, 2.45) is 5.73 Å². The van der Waals surface area contributed by atoms with E-state index in [4.69, 9.17) is 10.8 Å². The second-order valence-corrected chi connectivity index (χ2v) is 4.35. The van der Waals surface area contributed by atoms with Gasteiger partial charge < -0.3 is 15.7 Å². The van der Waals surface area contributed by atoms with Crippen molar-refractivity contribution in [1.82, 2.24) is 4.90 Å². The van der Waals surface area contributed by atoms with Crippen LogP contribution >= 0.6 is 0 Å². The van der Waals surface area contributed by atoms with Gasteiger partial charge in [-0.15, -0.1) is 0 Å². The second kappa shape index (κ2) is 5.55. The molecule has 1 fully saturated rings. The van der Waals surface area contributed by atoms with E-state index >= 15 is 0 Å². The molecule has 1 aliphatic rings. The van der Waals surface area contributed by atoms with Crippen LogP contribution in [0.5, 0.6) is 0 Å². The van der Waals surface area contributed by atoms with Crippen LogP contribution in [-0.4, -0.2) is 46.7 Å². The van der Waals surface area contributed by atoms with E-state index in [1.165, 1.54) is 0 Å². The van der Waals surface area contributed by atoms with Crippen LogP contribution < -0.4 is 5.73 Å². The average molecular weight is 268 g/mol. The van der Waals surface area contributed by atoms with Crippen molar-refractivity contribution in [1.29, 1.82) is 0 Å². The fraction of sp³-hybridized carbons (Fsp3) is 0.800. The molecule has 3 N–H and O–H groups in total. The maximum Gasteiger partial charge on any atom is 0.406 e. The molecule has 0 aromatic heterocycles. The lowest BCUT2D eigenvalue weighted by Gasteiger charge is -2.26. The number of carboxylic acids is 1. The van der Waals surface area contributed by atoms with Gasteiger partial charge in [-0.05, 0) is 19.3 Å². The van der Waals surface area contributed by atoms with Gasteiger partial charge in [-0.25, -0.2) is 0 Å². The second-order valence-electron chi connectivity index (χ2n) is 4.35. The van der Waals surface area contributed by atoms with Crippen LogP contribution in [0.25, 0.3) is 0 Å².